The predicted molar refractivity (Wildman–Crippen MR) is 70.7 cm³/mol. The Balaban J connectivity index is 2.18. The minimum Gasteiger partial charge on any atom is -0.385 e. The van der Waals surface area contributed by atoms with Gasteiger partial charge < -0.3 is 10.1 Å². The quantitative estimate of drug-likeness (QED) is 0.215. The summed E-state index contributed by atoms with van der Waals surface area (Å²) in [4.78, 5) is 4.42. The molecule has 1 aliphatic rings. The third kappa shape index (κ3) is 6.48. The molecule has 0 saturated heterocycles. The van der Waals surface area contributed by atoms with E-state index < -0.39 is 0 Å². The summed E-state index contributed by atoms with van der Waals surface area (Å²) in [7, 11) is 1.72. The van der Waals surface area contributed by atoms with Crippen LogP contribution in [0.4, 0.5) is 0 Å². The molecule has 17 heavy (non-hydrogen) atoms. The van der Waals surface area contributed by atoms with Gasteiger partial charge in [0.25, 0.3) is 0 Å². The number of nitrogens with two attached hydrogens (primary N) is 1. The van der Waals surface area contributed by atoms with E-state index in [9.17, 15) is 0 Å². The van der Waals surface area contributed by atoms with Gasteiger partial charge in [0.2, 0.25) is 5.96 Å². The molecule has 0 bridgehead atoms. The second kappa shape index (κ2) is 9.24. The molecule has 0 atom stereocenters. The van der Waals surface area contributed by atoms with E-state index in [-0.39, 0.29) is 0 Å². The second-order valence-corrected chi connectivity index (χ2v) is 4.55. The van der Waals surface area contributed by atoms with Crippen LogP contribution < -0.4 is 16.6 Å². The number of unbranched alkanes of at least 4 members (excludes halogenated alkanes) is 1. The number of hydrogen-bond donors (Lipinski definition) is 3. The van der Waals surface area contributed by atoms with Crippen LogP contribution in [0.15, 0.2) is 4.99 Å². The first kappa shape index (κ1) is 14.3. The van der Waals surface area contributed by atoms with Crippen LogP contribution in [0.1, 0.15) is 44.9 Å². The number of hydrogen-bond acceptors (Lipinski definition) is 3. The zero-order chi connectivity index (χ0) is 12.3. The summed E-state index contributed by atoms with van der Waals surface area (Å²) in [6, 6.07) is 0.539. The molecule has 0 aliphatic heterocycles. The monoisotopic (exact) mass is 242 g/mol. The first-order valence-corrected chi connectivity index (χ1v) is 6.63. The molecular weight excluding hydrogens is 216 g/mol. The SMILES string of the molecule is COCCCCN=C(NN)NC1CCCCC1. The first-order valence-electron chi connectivity index (χ1n) is 6.63. The largest absolute Gasteiger partial charge is 0.385 e. The average Bonchev–Trinajstić information content (AvgIpc) is 2.38. The zero-order valence-electron chi connectivity index (χ0n) is 10.9. The first-order chi connectivity index (χ1) is 8.36. The molecule has 1 aliphatic carbocycles. The highest BCUT2D eigenvalue weighted by molar-refractivity contribution is 5.79. The van der Waals surface area contributed by atoms with Crippen LogP contribution in [-0.4, -0.2) is 32.3 Å². The fraction of sp³-hybridized carbons (Fsp3) is 0.917. The molecule has 0 aromatic heterocycles. The van der Waals surface area contributed by atoms with Crippen LogP contribution in [0, 0.1) is 0 Å². The number of ether oxygens (including phenoxy) is 1. The van der Waals surface area contributed by atoms with Crippen molar-refractivity contribution < 1.29 is 4.74 Å². The molecule has 0 heterocycles. The third-order valence-corrected chi connectivity index (χ3v) is 3.11. The molecule has 1 fully saturated rings. The van der Waals surface area contributed by atoms with Crippen LogP contribution in [0.5, 0.6) is 0 Å². The van der Waals surface area contributed by atoms with E-state index in [1.165, 1.54) is 32.1 Å². The minimum absolute atomic E-state index is 0.539. The lowest BCUT2D eigenvalue weighted by Gasteiger charge is -2.24. The molecule has 0 spiro atoms. The van der Waals surface area contributed by atoms with Crippen molar-refractivity contribution in [2.45, 2.75) is 51.0 Å². The molecular formula is C12H26N4O. The van der Waals surface area contributed by atoms with E-state index in [2.05, 4.69) is 15.7 Å². The molecule has 0 aromatic carbocycles. The Bertz CT molecular complexity index is 215. The lowest BCUT2D eigenvalue weighted by atomic mass is 9.96. The summed E-state index contributed by atoms with van der Waals surface area (Å²) < 4.78 is 4.99. The van der Waals surface area contributed by atoms with Gasteiger partial charge in [0.1, 0.15) is 0 Å². The summed E-state index contributed by atoms with van der Waals surface area (Å²) in [5.74, 6) is 6.19. The van der Waals surface area contributed by atoms with Gasteiger partial charge in [-0.1, -0.05) is 19.3 Å². The maximum atomic E-state index is 5.46. The van der Waals surface area contributed by atoms with Gasteiger partial charge >= 0.3 is 0 Å². The fourth-order valence-electron chi connectivity index (χ4n) is 2.12. The Labute approximate surface area is 104 Å². The number of nitrogens with zero attached hydrogens (tertiary/aromatic N) is 1. The van der Waals surface area contributed by atoms with E-state index in [1.807, 2.05) is 0 Å². The molecule has 100 valence electrons. The Morgan fingerprint density at radius 3 is 2.71 bits per heavy atom. The lowest BCUT2D eigenvalue weighted by Crippen LogP contribution is -2.47. The highest BCUT2D eigenvalue weighted by Crippen LogP contribution is 2.17. The van der Waals surface area contributed by atoms with Gasteiger partial charge in [-0.05, 0) is 25.7 Å². The van der Waals surface area contributed by atoms with Crippen molar-refractivity contribution in [3.05, 3.63) is 0 Å². The maximum Gasteiger partial charge on any atom is 0.205 e. The van der Waals surface area contributed by atoms with Gasteiger partial charge in [-0.25, -0.2) is 5.84 Å². The zero-order valence-corrected chi connectivity index (χ0v) is 10.9. The van der Waals surface area contributed by atoms with Crippen molar-refractivity contribution in [2.75, 3.05) is 20.3 Å². The number of guanidine groups is 1. The number of aliphatic imine (C=N–C) groups is 1. The van der Waals surface area contributed by atoms with Gasteiger partial charge in [-0.2, -0.15) is 0 Å². The number of methoxy groups -OCH3 is 1. The van der Waals surface area contributed by atoms with E-state index >= 15 is 0 Å². The van der Waals surface area contributed by atoms with Crippen LogP contribution in [0.2, 0.25) is 0 Å². The molecule has 0 radical (unpaired) electrons. The van der Waals surface area contributed by atoms with Crippen LogP contribution in [-0.2, 0) is 4.74 Å². The molecule has 5 heteroatoms. The maximum absolute atomic E-state index is 5.46. The highest BCUT2D eigenvalue weighted by Gasteiger charge is 2.13. The van der Waals surface area contributed by atoms with Crippen molar-refractivity contribution in [2.24, 2.45) is 10.8 Å². The second-order valence-electron chi connectivity index (χ2n) is 4.55. The Morgan fingerprint density at radius 1 is 1.29 bits per heavy atom. The van der Waals surface area contributed by atoms with Crippen LogP contribution in [0.25, 0.3) is 0 Å². The Kier molecular flexibility index (Phi) is 7.75. The summed E-state index contributed by atoms with van der Waals surface area (Å²) in [6.45, 7) is 1.60. The van der Waals surface area contributed by atoms with E-state index in [0.29, 0.717) is 6.04 Å². The van der Waals surface area contributed by atoms with Gasteiger partial charge in [0.05, 0.1) is 0 Å². The van der Waals surface area contributed by atoms with Gasteiger partial charge in [0.15, 0.2) is 0 Å². The average molecular weight is 242 g/mol. The third-order valence-electron chi connectivity index (χ3n) is 3.11. The van der Waals surface area contributed by atoms with E-state index in [0.717, 1.165) is 32.0 Å². The molecule has 1 rings (SSSR count). The van der Waals surface area contributed by atoms with Crippen molar-refractivity contribution in [3.8, 4) is 0 Å². The summed E-state index contributed by atoms with van der Waals surface area (Å²) in [5.41, 5.74) is 2.65. The van der Waals surface area contributed by atoms with E-state index in [1.54, 1.807) is 7.11 Å². The lowest BCUT2D eigenvalue weighted by molar-refractivity contribution is 0.193. The Hall–Kier alpha value is -0.810. The molecule has 0 amide bonds. The van der Waals surface area contributed by atoms with Crippen LogP contribution >= 0.6 is 0 Å². The summed E-state index contributed by atoms with van der Waals surface area (Å²) >= 11 is 0. The molecule has 0 aromatic rings. The normalized spacial score (nSPS) is 18.1. The van der Waals surface area contributed by atoms with Gasteiger partial charge in [0, 0.05) is 26.3 Å². The van der Waals surface area contributed by atoms with Crippen molar-refractivity contribution in [1.82, 2.24) is 10.7 Å². The van der Waals surface area contributed by atoms with Crippen LogP contribution in [0.3, 0.4) is 0 Å². The smallest absolute Gasteiger partial charge is 0.205 e. The van der Waals surface area contributed by atoms with Gasteiger partial charge in [-0.15, -0.1) is 0 Å². The molecule has 4 N–H and O–H groups in total. The van der Waals surface area contributed by atoms with Crippen molar-refractivity contribution in [3.63, 3.8) is 0 Å². The number of rotatable bonds is 6. The van der Waals surface area contributed by atoms with Crippen molar-refractivity contribution >= 4 is 5.96 Å². The standard InChI is InChI=1S/C12H26N4O/c1-17-10-6-5-9-14-12(16-13)15-11-7-3-2-4-8-11/h11H,2-10,13H2,1H3,(H2,14,15,16). The van der Waals surface area contributed by atoms with Gasteiger partial charge in [-0.3, -0.25) is 10.4 Å². The molecule has 1 saturated carbocycles. The Morgan fingerprint density at radius 2 is 2.06 bits per heavy atom. The van der Waals surface area contributed by atoms with Crippen molar-refractivity contribution in [1.29, 1.82) is 0 Å². The molecule has 5 nitrogen and oxygen atoms in total. The highest BCUT2D eigenvalue weighted by atomic mass is 16.5. The minimum atomic E-state index is 0.539. The predicted octanol–water partition coefficient (Wildman–Crippen LogP) is 1.15. The topological polar surface area (TPSA) is 71.7 Å². The number of nitrogens with one attached hydrogen (secondary N) is 2. The summed E-state index contributed by atoms with van der Waals surface area (Å²) in [6.07, 6.45) is 8.51. The van der Waals surface area contributed by atoms with E-state index in [4.69, 9.17) is 10.6 Å². The number of hydrazine groups is 1. The fourth-order valence-corrected chi connectivity index (χ4v) is 2.12. The summed E-state index contributed by atoms with van der Waals surface area (Å²) in [5, 5.41) is 3.38. The molecule has 0 unspecified atom stereocenters.